The molecule has 0 bridgehead atoms. The molecule has 1 saturated heterocycles. The lowest BCUT2D eigenvalue weighted by molar-refractivity contribution is -0.121. The van der Waals surface area contributed by atoms with E-state index in [0.717, 1.165) is 26.2 Å². The minimum atomic E-state index is 0.136. The third kappa shape index (κ3) is 5.86. The maximum absolute atomic E-state index is 11.6. The van der Waals surface area contributed by atoms with Gasteiger partial charge in [-0.15, -0.1) is 0 Å². The first-order chi connectivity index (χ1) is 10.1. The molecule has 4 heteroatoms. The van der Waals surface area contributed by atoms with Gasteiger partial charge in [0.2, 0.25) is 5.91 Å². The highest BCUT2D eigenvalue weighted by molar-refractivity contribution is 5.76. The standard InChI is InChI=1S/C17H27N3O/c1-14(2)19-17(21)8-10-18-16-9-11-20(13-16)12-15-6-4-3-5-7-15/h3-7,14,16,18H,8-13H2,1-2H3,(H,19,21). The second-order valence-electron chi connectivity index (χ2n) is 6.13. The van der Waals surface area contributed by atoms with E-state index in [2.05, 4.69) is 45.9 Å². The molecule has 1 aromatic carbocycles. The molecule has 2 rings (SSSR count). The predicted molar refractivity (Wildman–Crippen MR) is 86.0 cm³/mol. The summed E-state index contributed by atoms with van der Waals surface area (Å²) in [6.45, 7) is 7.97. The fourth-order valence-corrected chi connectivity index (χ4v) is 2.77. The maximum atomic E-state index is 11.6. The number of carbonyl (C=O) groups excluding carboxylic acids is 1. The molecule has 0 aliphatic carbocycles. The van der Waals surface area contributed by atoms with Gasteiger partial charge in [-0.1, -0.05) is 30.3 Å². The van der Waals surface area contributed by atoms with Crippen molar-refractivity contribution in [1.29, 1.82) is 0 Å². The van der Waals surface area contributed by atoms with Crippen LogP contribution in [0.15, 0.2) is 30.3 Å². The van der Waals surface area contributed by atoms with Crippen LogP contribution in [0.25, 0.3) is 0 Å². The summed E-state index contributed by atoms with van der Waals surface area (Å²) in [5.41, 5.74) is 1.37. The monoisotopic (exact) mass is 289 g/mol. The molecule has 0 saturated carbocycles. The number of nitrogens with one attached hydrogen (secondary N) is 2. The Morgan fingerprint density at radius 3 is 2.81 bits per heavy atom. The topological polar surface area (TPSA) is 44.4 Å². The SMILES string of the molecule is CC(C)NC(=O)CCNC1CCN(Cc2ccccc2)C1. The van der Waals surface area contributed by atoms with Crippen molar-refractivity contribution in [3.8, 4) is 0 Å². The Kier molecular flexibility index (Phi) is 6.21. The summed E-state index contributed by atoms with van der Waals surface area (Å²) in [5.74, 6) is 0.136. The van der Waals surface area contributed by atoms with Crippen molar-refractivity contribution in [3.05, 3.63) is 35.9 Å². The highest BCUT2D eigenvalue weighted by Gasteiger charge is 2.21. The average Bonchev–Trinajstić information content (AvgIpc) is 2.86. The van der Waals surface area contributed by atoms with Gasteiger partial charge in [-0.2, -0.15) is 0 Å². The van der Waals surface area contributed by atoms with Gasteiger partial charge in [-0.25, -0.2) is 0 Å². The zero-order chi connectivity index (χ0) is 15.1. The van der Waals surface area contributed by atoms with Crippen molar-refractivity contribution >= 4 is 5.91 Å². The summed E-state index contributed by atoms with van der Waals surface area (Å²) >= 11 is 0. The molecule has 1 aliphatic rings. The average molecular weight is 289 g/mol. The van der Waals surface area contributed by atoms with Crippen LogP contribution in [0.2, 0.25) is 0 Å². The molecule has 1 atom stereocenters. The van der Waals surface area contributed by atoms with Gasteiger partial charge in [0.05, 0.1) is 0 Å². The zero-order valence-corrected chi connectivity index (χ0v) is 13.1. The predicted octanol–water partition coefficient (Wildman–Crippen LogP) is 1.77. The minimum Gasteiger partial charge on any atom is -0.354 e. The molecule has 0 aromatic heterocycles. The minimum absolute atomic E-state index is 0.136. The van der Waals surface area contributed by atoms with Crippen molar-refractivity contribution in [2.45, 2.75) is 45.3 Å². The van der Waals surface area contributed by atoms with Crippen LogP contribution in [0.5, 0.6) is 0 Å². The number of carbonyl (C=O) groups is 1. The van der Waals surface area contributed by atoms with E-state index in [1.54, 1.807) is 0 Å². The Bertz CT molecular complexity index is 433. The molecule has 1 aromatic rings. The molecule has 1 amide bonds. The van der Waals surface area contributed by atoms with Crippen molar-refractivity contribution < 1.29 is 4.79 Å². The summed E-state index contributed by atoms with van der Waals surface area (Å²) in [7, 11) is 0. The molecule has 1 aliphatic heterocycles. The number of hydrogen-bond donors (Lipinski definition) is 2. The Labute approximate surface area is 127 Å². The molecular weight excluding hydrogens is 262 g/mol. The van der Waals surface area contributed by atoms with Gasteiger partial charge in [-0.05, 0) is 25.8 Å². The zero-order valence-electron chi connectivity index (χ0n) is 13.1. The fourth-order valence-electron chi connectivity index (χ4n) is 2.77. The van der Waals surface area contributed by atoms with Crippen LogP contribution in [0.3, 0.4) is 0 Å². The van der Waals surface area contributed by atoms with Crippen molar-refractivity contribution in [2.24, 2.45) is 0 Å². The highest BCUT2D eigenvalue weighted by atomic mass is 16.1. The van der Waals surface area contributed by atoms with E-state index in [1.165, 1.54) is 12.0 Å². The van der Waals surface area contributed by atoms with E-state index in [4.69, 9.17) is 0 Å². The van der Waals surface area contributed by atoms with Crippen LogP contribution in [0.1, 0.15) is 32.3 Å². The van der Waals surface area contributed by atoms with Crippen LogP contribution in [-0.2, 0) is 11.3 Å². The lowest BCUT2D eigenvalue weighted by atomic mass is 10.2. The first kappa shape index (κ1) is 16.0. The molecule has 1 unspecified atom stereocenters. The first-order valence-electron chi connectivity index (χ1n) is 7.92. The lowest BCUT2D eigenvalue weighted by Gasteiger charge is -2.17. The van der Waals surface area contributed by atoms with Crippen molar-refractivity contribution in [3.63, 3.8) is 0 Å². The van der Waals surface area contributed by atoms with Gasteiger partial charge in [0, 0.05) is 44.7 Å². The number of nitrogens with zero attached hydrogens (tertiary/aromatic N) is 1. The quantitative estimate of drug-likeness (QED) is 0.804. The van der Waals surface area contributed by atoms with E-state index in [9.17, 15) is 4.79 Å². The first-order valence-corrected chi connectivity index (χ1v) is 7.92. The fraction of sp³-hybridized carbons (Fsp3) is 0.588. The largest absolute Gasteiger partial charge is 0.354 e. The van der Waals surface area contributed by atoms with Crippen molar-refractivity contribution in [2.75, 3.05) is 19.6 Å². The summed E-state index contributed by atoms with van der Waals surface area (Å²) in [4.78, 5) is 14.0. The number of amides is 1. The Balaban J connectivity index is 1.63. The number of rotatable bonds is 7. The molecule has 4 nitrogen and oxygen atoms in total. The molecule has 0 radical (unpaired) electrons. The summed E-state index contributed by atoms with van der Waals surface area (Å²) in [6.07, 6.45) is 1.73. The van der Waals surface area contributed by atoms with E-state index in [-0.39, 0.29) is 11.9 Å². The van der Waals surface area contributed by atoms with Crippen LogP contribution < -0.4 is 10.6 Å². The van der Waals surface area contributed by atoms with Crippen LogP contribution >= 0.6 is 0 Å². The third-order valence-electron chi connectivity index (χ3n) is 3.76. The Hall–Kier alpha value is -1.39. The van der Waals surface area contributed by atoms with Gasteiger partial charge >= 0.3 is 0 Å². The van der Waals surface area contributed by atoms with Gasteiger partial charge in [0.25, 0.3) is 0 Å². The number of hydrogen-bond acceptors (Lipinski definition) is 3. The summed E-state index contributed by atoms with van der Waals surface area (Å²) in [6, 6.07) is 11.3. The van der Waals surface area contributed by atoms with E-state index < -0.39 is 0 Å². The molecule has 1 heterocycles. The second kappa shape index (κ2) is 8.15. The molecule has 1 fully saturated rings. The second-order valence-corrected chi connectivity index (χ2v) is 6.13. The van der Waals surface area contributed by atoms with E-state index >= 15 is 0 Å². The molecule has 21 heavy (non-hydrogen) atoms. The lowest BCUT2D eigenvalue weighted by Crippen LogP contribution is -2.37. The molecule has 0 spiro atoms. The van der Waals surface area contributed by atoms with Crippen LogP contribution in [-0.4, -0.2) is 42.5 Å². The normalized spacial score (nSPS) is 19.1. The summed E-state index contributed by atoms with van der Waals surface area (Å²) < 4.78 is 0. The van der Waals surface area contributed by atoms with Gasteiger partial charge < -0.3 is 10.6 Å². The smallest absolute Gasteiger partial charge is 0.221 e. The Morgan fingerprint density at radius 1 is 1.33 bits per heavy atom. The number of benzene rings is 1. The van der Waals surface area contributed by atoms with Gasteiger partial charge in [0.1, 0.15) is 0 Å². The molecular formula is C17H27N3O. The third-order valence-corrected chi connectivity index (χ3v) is 3.76. The highest BCUT2D eigenvalue weighted by Crippen LogP contribution is 2.13. The Morgan fingerprint density at radius 2 is 2.10 bits per heavy atom. The molecule has 116 valence electrons. The van der Waals surface area contributed by atoms with Crippen LogP contribution in [0.4, 0.5) is 0 Å². The van der Waals surface area contributed by atoms with Crippen molar-refractivity contribution in [1.82, 2.24) is 15.5 Å². The van der Waals surface area contributed by atoms with Gasteiger partial charge in [0.15, 0.2) is 0 Å². The van der Waals surface area contributed by atoms with E-state index in [0.29, 0.717) is 12.5 Å². The molecule has 2 N–H and O–H groups in total. The van der Waals surface area contributed by atoms with Crippen LogP contribution in [0, 0.1) is 0 Å². The van der Waals surface area contributed by atoms with E-state index in [1.807, 2.05) is 13.8 Å². The number of likely N-dealkylation sites (tertiary alicyclic amines) is 1. The summed E-state index contributed by atoms with van der Waals surface area (Å²) in [5, 5.41) is 6.42. The maximum Gasteiger partial charge on any atom is 0.221 e. The van der Waals surface area contributed by atoms with Gasteiger partial charge in [-0.3, -0.25) is 9.69 Å².